The molecule has 1 aliphatic heterocycles. The molecule has 1 N–H and O–H groups in total. The molecule has 1 aliphatic rings. The number of hydrogen-bond acceptors (Lipinski definition) is 2. The number of nitrogens with zero attached hydrogens (tertiary/aromatic N) is 1. The Morgan fingerprint density at radius 1 is 1.25 bits per heavy atom. The summed E-state index contributed by atoms with van der Waals surface area (Å²) in [5.74, 6) is 0. The Labute approximate surface area is 118 Å². The average molecular weight is 286 g/mol. The highest BCUT2D eigenvalue weighted by Crippen LogP contribution is 2.25. The molecule has 20 heavy (non-hydrogen) atoms. The van der Waals surface area contributed by atoms with Gasteiger partial charge in [-0.3, -0.25) is 4.90 Å². The third kappa shape index (κ3) is 4.21. The molecular formula is C15H21F3N2. The van der Waals surface area contributed by atoms with Gasteiger partial charge in [0.2, 0.25) is 0 Å². The van der Waals surface area contributed by atoms with Gasteiger partial charge >= 0.3 is 6.18 Å². The van der Waals surface area contributed by atoms with E-state index in [0.29, 0.717) is 13.1 Å². The van der Waals surface area contributed by atoms with E-state index in [0.717, 1.165) is 12.0 Å². The third-order valence-electron chi connectivity index (χ3n) is 3.82. The van der Waals surface area contributed by atoms with Crippen LogP contribution in [0, 0.1) is 0 Å². The lowest BCUT2D eigenvalue weighted by atomic mass is 9.94. The van der Waals surface area contributed by atoms with Crippen LogP contribution < -0.4 is 5.32 Å². The second kappa shape index (κ2) is 5.74. The van der Waals surface area contributed by atoms with Crippen molar-refractivity contribution in [2.24, 2.45) is 0 Å². The zero-order valence-electron chi connectivity index (χ0n) is 11.9. The van der Waals surface area contributed by atoms with Crippen LogP contribution in [0.1, 0.15) is 19.4 Å². The van der Waals surface area contributed by atoms with Gasteiger partial charge in [0.15, 0.2) is 0 Å². The Morgan fingerprint density at radius 3 is 2.50 bits per heavy atom. The second-order valence-corrected chi connectivity index (χ2v) is 6.08. The molecule has 112 valence electrons. The molecule has 2 rings (SSSR count). The first-order valence-electron chi connectivity index (χ1n) is 6.85. The van der Waals surface area contributed by atoms with Crippen LogP contribution in [0.3, 0.4) is 0 Å². The number of piperazine rings is 1. The van der Waals surface area contributed by atoms with Gasteiger partial charge in [-0.1, -0.05) is 30.3 Å². The van der Waals surface area contributed by atoms with Crippen LogP contribution >= 0.6 is 0 Å². The van der Waals surface area contributed by atoms with Gasteiger partial charge in [-0.25, -0.2) is 0 Å². The Kier molecular flexibility index (Phi) is 4.39. The number of benzene rings is 1. The van der Waals surface area contributed by atoms with E-state index in [-0.39, 0.29) is 6.04 Å². The summed E-state index contributed by atoms with van der Waals surface area (Å²) in [5, 5.41) is 3.36. The first kappa shape index (κ1) is 15.3. The van der Waals surface area contributed by atoms with Crippen molar-refractivity contribution >= 4 is 0 Å². The molecule has 0 radical (unpaired) electrons. The minimum atomic E-state index is -4.15. The van der Waals surface area contributed by atoms with Gasteiger partial charge in [0.05, 0.1) is 6.54 Å². The number of rotatable bonds is 3. The molecule has 1 saturated heterocycles. The molecule has 1 atom stereocenters. The molecule has 2 nitrogen and oxygen atoms in total. The molecular weight excluding hydrogens is 265 g/mol. The lowest BCUT2D eigenvalue weighted by Crippen LogP contribution is -2.63. The first-order valence-corrected chi connectivity index (χ1v) is 6.85. The Morgan fingerprint density at radius 2 is 1.90 bits per heavy atom. The van der Waals surface area contributed by atoms with Crippen LogP contribution in [-0.2, 0) is 6.42 Å². The van der Waals surface area contributed by atoms with Crippen molar-refractivity contribution in [1.82, 2.24) is 10.2 Å². The maximum atomic E-state index is 12.7. The van der Waals surface area contributed by atoms with Gasteiger partial charge in [0.1, 0.15) is 0 Å². The minimum Gasteiger partial charge on any atom is -0.311 e. The fraction of sp³-hybridized carbons (Fsp3) is 0.600. The molecule has 1 heterocycles. The fourth-order valence-electron chi connectivity index (χ4n) is 2.61. The molecule has 0 aromatic heterocycles. The molecule has 0 aliphatic carbocycles. The molecule has 0 saturated carbocycles. The van der Waals surface area contributed by atoms with E-state index in [1.807, 2.05) is 44.2 Å². The van der Waals surface area contributed by atoms with Crippen molar-refractivity contribution < 1.29 is 13.2 Å². The van der Waals surface area contributed by atoms with Gasteiger partial charge in [0, 0.05) is 24.7 Å². The third-order valence-corrected chi connectivity index (χ3v) is 3.82. The molecule has 5 heteroatoms. The van der Waals surface area contributed by atoms with Crippen molar-refractivity contribution in [3.63, 3.8) is 0 Å². The van der Waals surface area contributed by atoms with Gasteiger partial charge in [0.25, 0.3) is 0 Å². The summed E-state index contributed by atoms with van der Waals surface area (Å²) in [4.78, 5) is 1.54. The summed E-state index contributed by atoms with van der Waals surface area (Å²) in [6.07, 6.45) is -3.39. The van der Waals surface area contributed by atoms with Gasteiger partial charge < -0.3 is 5.32 Å². The normalized spacial score (nSPS) is 23.8. The predicted molar refractivity (Wildman–Crippen MR) is 73.6 cm³/mol. The SMILES string of the molecule is CC1(C)CNC(Cc2ccccc2)CN1CC(F)(F)F. The fourth-order valence-corrected chi connectivity index (χ4v) is 2.61. The smallest absolute Gasteiger partial charge is 0.311 e. The van der Waals surface area contributed by atoms with Gasteiger partial charge in [-0.05, 0) is 25.8 Å². The number of nitrogens with one attached hydrogen (secondary N) is 1. The molecule has 0 bridgehead atoms. The summed E-state index contributed by atoms with van der Waals surface area (Å²) >= 11 is 0. The largest absolute Gasteiger partial charge is 0.401 e. The van der Waals surface area contributed by atoms with E-state index in [1.54, 1.807) is 0 Å². The summed E-state index contributed by atoms with van der Waals surface area (Å²) in [7, 11) is 0. The minimum absolute atomic E-state index is 0.0628. The highest BCUT2D eigenvalue weighted by atomic mass is 19.4. The molecule has 1 aromatic rings. The average Bonchev–Trinajstić information content (AvgIpc) is 2.33. The zero-order chi connectivity index (χ0) is 14.8. The molecule has 1 unspecified atom stereocenters. The van der Waals surface area contributed by atoms with Crippen molar-refractivity contribution in [3.8, 4) is 0 Å². The van der Waals surface area contributed by atoms with Crippen LogP contribution in [0.25, 0.3) is 0 Å². The van der Waals surface area contributed by atoms with Gasteiger partial charge in [-0.15, -0.1) is 0 Å². The lowest BCUT2D eigenvalue weighted by Gasteiger charge is -2.46. The maximum absolute atomic E-state index is 12.7. The Hall–Kier alpha value is -1.07. The van der Waals surface area contributed by atoms with Crippen LogP contribution in [0.5, 0.6) is 0 Å². The monoisotopic (exact) mass is 286 g/mol. The van der Waals surface area contributed by atoms with E-state index >= 15 is 0 Å². The van der Waals surface area contributed by atoms with Crippen molar-refractivity contribution in [3.05, 3.63) is 35.9 Å². The number of alkyl halides is 3. The van der Waals surface area contributed by atoms with Crippen molar-refractivity contribution in [2.75, 3.05) is 19.6 Å². The lowest BCUT2D eigenvalue weighted by molar-refractivity contribution is -0.161. The molecule has 0 spiro atoms. The second-order valence-electron chi connectivity index (χ2n) is 6.08. The molecule has 0 amide bonds. The van der Waals surface area contributed by atoms with E-state index < -0.39 is 18.3 Å². The Balaban J connectivity index is 2.01. The summed E-state index contributed by atoms with van der Waals surface area (Å²) in [5.41, 5.74) is 0.680. The predicted octanol–water partition coefficient (Wildman–Crippen LogP) is 2.84. The van der Waals surface area contributed by atoms with Crippen LogP contribution in [0.2, 0.25) is 0 Å². The topological polar surface area (TPSA) is 15.3 Å². The Bertz CT molecular complexity index is 428. The van der Waals surface area contributed by atoms with Crippen LogP contribution in [0.15, 0.2) is 30.3 Å². The maximum Gasteiger partial charge on any atom is 0.401 e. The number of halogens is 3. The quantitative estimate of drug-likeness (QED) is 0.919. The molecule has 1 fully saturated rings. The van der Waals surface area contributed by atoms with Crippen LogP contribution in [-0.4, -0.2) is 42.3 Å². The van der Waals surface area contributed by atoms with Crippen molar-refractivity contribution in [1.29, 1.82) is 0 Å². The van der Waals surface area contributed by atoms with E-state index in [1.165, 1.54) is 4.90 Å². The van der Waals surface area contributed by atoms with E-state index in [4.69, 9.17) is 0 Å². The highest BCUT2D eigenvalue weighted by Gasteiger charge is 2.40. The first-order chi connectivity index (χ1) is 9.26. The number of hydrogen-bond donors (Lipinski definition) is 1. The summed E-state index contributed by atoms with van der Waals surface area (Å²) in [6, 6.07) is 9.93. The van der Waals surface area contributed by atoms with Crippen LogP contribution in [0.4, 0.5) is 13.2 Å². The zero-order valence-corrected chi connectivity index (χ0v) is 11.9. The van der Waals surface area contributed by atoms with E-state index in [9.17, 15) is 13.2 Å². The summed E-state index contributed by atoms with van der Waals surface area (Å²) < 4.78 is 38.0. The van der Waals surface area contributed by atoms with E-state index in [2.05, 4.69) is 5.32 Å². The van der Waals surface area contributed by atoms with Gasteiger partial charge in [-0.2, -0.15) is 13.2 Å². The van der Waals surface area contributed by atoms with Crippen molar-refractivity contribution in [2.45, 2.75) is 38.0 Å². The summed E-state index contributed by atoms with van der Waals surface area (Å²) in [6.45, 7) is 3.85. The highest BCUT2D eigenvalue weighted by molar-refractivity contribution is 5.16. The molecule has 1 aromatic carbocycles. The standard InChI is InChI=1S/C15H21F3N2/c1-14(2)10-19-13(8-12-6-4-3-5-7-12)9-20(14)11-15(16,17)18/h3-7,13,19H,8-11H2,1-2H3.